The minimum absolute atomic E-state index is 0.0666. The number of nitrogens with one attached hydrogen (secondary N) is 1. The number of allylic oxidation sites excluding steroid dienone is 1. The van der Waals surface area contributed by atoms with Crippen molar-refractivity contribution < 1.29 is 13.0 Å². The van der Waals surface area contributed by atoms with Crippen LogP contribution >= 0.6 is 11.8 Å². The van der Waals surface area contributed by atoms with E-state index >= 15 is 0 Å². The van der Waals surface area contributed by atoms with Crippen molar-refractivity contribution in [2.75, 3.05) is 19.3 Å². The van der Waals surface area contributed by atoms with Crippen molar-refractivity contribution in [3.05, 3.63) is 76.3 Å². The molecule has 2 aliphatic rings. The van der Waals surface area contributed by atoms with Crippen LogP contribution in [0.4, 0.5) is 0 Å². The summed E-state index contributed by atoms with van der Waals surface area (Å²) >= 11 is 1.85. The number of aliphatic imine (C=N–C) groups is 1. The third-order valence-electron chi connectivity index (χ3n) is 4.32. The highest BCUT2D eigenvalue weighted by Gasteiger charge is 2.21. The lowest BCUT2D eigenvalue weighted by Gasteiger charge is -2.10. The van der Waals surface area contributed by atoms with Crippen molar-refractivity contribution in [2.45, 2.75) is 11.8 Å². The van der Waals surface area contributed by atoms with E-state index in [1.54, 1.807) is 12.1 Å². The first-order valence-electron chi connectivity index (χ1n) is 8.62. The van der Waals surface area contributed by atoms with Crippen molar-refractivity contribution in [2.24, 2.45) is 4.99 Å². The molecule has 0 atom stereocenters. The first kappa shape index (κ1) is 20.3. The molecule has 28 heavy (non-hydrogen) atoms. The molecule has 2 heterocycles. The van der Waals surface area contributed by atoms with Crippen LogP contribution < -0.4 is 0 Å². The van der Waals surface area contributed by atoms with Crippen LogP contribution in [0.1, 0.15) is 16.7 Å². The standard InChI is InChI=1S/C13H13N3S.C7H8O3S/c1-16-6-7-17-12(16)8-11-9-4-2-3-5-10(9)13(14)15-11;1-6-2-4-7(5-3-6)11(8,9)10/h2-5,8,14H,6-7H2,1H3;2-5H,1H3,(H,8,9,10)/b12-8-,14-13?;. The molecule has 0 spiro atoms. The highest BCUT2D eigenvalue weighted by atomic mass is 32.2. The van der Waals surface area contributed by atoms with Crippen molar-refractivity contribution in [1.29, 1.82) is 5.41 Å². The van der Waals surface area contributed by atoms with Gasteiger partial charge in [0.2, 0.25) is 0 Å². The Kier molecular flexibility index (Phi) is 6.02. The van der Waals surface area contributed by atoms with Crippen LogP contribution in [-0.2, 0) is 10.1 Å². The van der Waals surface area contributed by atoms with Gasteiger partial charge in [-0.15, -0.1) is 11.8 Å². The van der Waals surface area contributed by atoms with Gasteiger partial charge in [-0.2, -0.15) is 8.42 Å². The quantitative estimate of drug-likeness (QED) is 0.731. The first-order valence-corrected chi connectivity index (χ1v) is 11.0. The van der Waals surface area contributed by atoms with Crippen LogP contribution in [0.15, 0.2) is 69.5 Å². The van der Waals surface area contributed by atoms with Crippen LogP contribution in [0.3, 0.4) is 0 Å². The molecule has 0 aromatic heterocycles. The summed E-state index contributed by atoms with van der Waals surface area (Å²) in [6, 6.07) is 13.9. The lowest BCUT2D eigenvalue weighted by molar-refractivity contribution is 0.483. The smallest absolute Gasteiger partial charge is 0.294 e. The van der Waals surface area contributed by atoms with E-state index in [-0.39, 0.29) is 4.90 Å². The molecule has 1 fully saturated rings. The molecule has 0 amide bonds. The average Bonchev–Trinajstić information content (AvgIpc) is 3.19. The Hall–Kier alpha value is -2.42. The maximum atomic E-state index is 10.5. The Balaban J connectivity index is 0.000000178. The van der Waals surface area contributed by atoms with Gasteiger partial charge >= 0.3 is 0 Å². The van der Waals surface area contributed by atoms with Crippen LogP contribution in [0.25, 0.3) is 0 Å². The summed E-state index contributed by atoms with van der Waals surface area (Å²) in [4.78, 5) is 6.51. The second-order valence-electron chi connectivity index (χ2n) is 6.43. The third kappa shape index (κ3) is 4.70. The molecule has 1 saturated heterocycles. The lowest BCUT2D eigenvalue weighted by atomic mass is 10.1. The van der Waals surface area contributed by atoms with E-state index in [1.165, 1.54) is 17.2 Å². The topological polar surface area (TPSA) is 93.8 Å². The zero-order valence-corrected chi connectivity index (χ0v) is 17.2. The molecule has 0 aliphatic carbocycles. The SMILES string of the molecule is CN1CCS/C1=C\C1=NC(=N)c2ccccc21.Cc1ccc(S(=O)(=O)O)cc1. The Bertz CT molecular complexity index is 1060. The largest absolute Gasteiger partial charge is 0.369 e. The molecule has 146 valence electrons. The number of hydrogen-bond donors (Lipinski definition) is 2. The van der Waals surface area contributed by atoms with Gasteiger partial charge in [-0.05, 0) is 25.1 Å². The summed E-state index contributed by atoms with van der Waals surface area (Å²) in [7, 11) is -1.92. The first-order chi connectivity index (χ1) is 13.3. The predicted octanol–water partition coefficient (Wildman–Crippen LogP) is 3.58. The highest BCUT2D eigenvalue weighted by Crippen LogP contribution is 2.28. The number of nitrogens with zero attached hydrogens (tertiary/aromatic N) is 2. The Morgan fingerprint density at radius 3 is 2.36 bits per heavy atom. The number of aryl methyl sites for hydroxylation is 1. The van der Waals surface area contributed by atoms with Crippen molar-refractivity contribution >= 4 is 33.4 Å². The predicted molar refractivity (Wildman–Crippen MR) is 114 cm³/mol. The van der Waals surface area contributed by atoms with E-state index in [0.29, 0.717) is 5.84 Å². The van der Waals surface area contributed by atoms with Crippen molar-refractivity contribution in [1.82, 2.24) is 4.90 Å². The van der Waals surface area contributed by atoms with Gasteiger partial charge in [-0.1, -0.05) is 42.0 Å². The molecule has 2 aromatic rings. The third-order valence-corrected chi connectivity index (χ3v) is 6.30. The summed E-state index contributed by atoms with van der Waals surface area (Å²) in [6.45, 7) is 2.93. The molecule has 6 nitrogen and oxygen atoms in total. The summed E-state index contributed by atoms with van der Waals surface area (Å²) < 4.78 is 29.6. The van der Waals surface area contributed by atoms with Crippen molar-refractivity contribution in [3.8, 4) is 0 Å². The molecule has 2 aromatic carbocycles. The molecule has 0 unspecified atom stereocenters. The number of thioether (sulfide) groups is 1. The Morgan fingerprint density at radius 1 is 1.14 bits per heavy atom. The molecule has 8 heteroatoms. The summed E-state index contributed by atoms with van der Waals surface area (Å²) in [6.07, 6.45) is 2.10. The van der Waals surface area contributed by atoms with Gasteiger partial charge in [0.1, 0.15) is 0 Å². The molecule has 4 rings (SSSR count). The average molecular weight is 416 g/mol. The van der Waals surface area contributed by atoms with Gasteiger partial charge in [0.25, 0.3) is 10.1 Å². The number of benzene rings is 2. The second kappa shape index (κ2) is 8.30. The van der Waals surface area contributed by atoms with E-state index in [1.807, 2.05) is 43.0 Å². The number of amidine groups is 1. The fourth-order valence-corrected chi connectivity index (χ4v) is 4.31. The Morgan fingerprint density at radius 2 is 1.79 bits per heavy atom. The second-order valence-corrected chi connectivity index (χ2v) is 8.97. The number of fused-ring (bicyclic) bond motifs is 1. The molecule has 2 aliphatic heterocycles. The van der Waals surface area contributed by atoms with Crippen LogP contribution in [0.5, 0.6) is 0 Å². The molecular formula is C20H21N3O3S2. The molecule has 2 N–H and O–H groups in total. The highest BCUT2D eigenvalue weighted by molar-refractivity contribution is 8.03. The van der Waals surface area contributed by atoms with E-state index in [0.717, 1.165) is 34.7 Å². The van der Waals surface area contributed by atoms with Gasteiger partial charge in [0.15, 0.2) is 5.84 Å². The van der Waals surface area contributed by atoms with Crippen LogP contribution in [0, 0.1) is 12.3 Å². The number of rotatable bonds is 2. The zero-order valence-electron chi connectivity index (χ0n) is 15.6. The minimum Gasteiger partial charge on any atom is -0.369 e. The molecule has 0 radical (unpaired) electrons. The van der Waals surface area contributed by atoms with E-state index in [4.69, 9.17) is 9.96 Å². The van der Waals surface area contributed by atoms with Gasteiger partial charge in [0, 0.05) is 30.5 Å². The van der Waals surface area contributed by atoms with Crippen LogP contribution in [-0.4, -0.2) is 48.8 Å². The van der Waals surface area contributed by atoms with Gasteiger partial charge in [-0.3, -0.25) is 9.96 Å². The van der Waals surface area contributed by atoms with Crippen LogP contribution in [0.2, 0.25) is 0 Å². The van der Waals surface area contributed by atoms with E-state index < -0.39 is 10.1 Å². The summed E-state index contributed by atoms with van der Waals surface area (Å²) in [5.41, 5.74) is 3.88. The maximum Gasteiger partial charge on any atom is 0.294 e. The summed E-state index contributed by atoms with van der Waals surface area (Å²) in [5, 5.41) is 9.09. The van der Waals surface area contributed by atoms with Gasteiger partial charge in [0.05, 0.1) is 15.6 Å². The molecule has 0 saturated carbocycles. The molecular weight excluding hydrogens is 394 g/mol. The monoisotopic (exact) mass is 415 g/mol. The van der Waals surface area contributed by atoms with E-state index in [9.17, 15) is 8.42 Å². The Labute approximate surface area is 169 Å². The van der Waals surface area contributed by atoms with Crippen molar-refractivity contribution in [3.63, 3.8) is 0 Å². The fourth-order valence-electron chi connectivity index (χ4n) is 2.75. The number of hydrogen-bond acceptors (Lipinski definition) is 5. The van der Waals surface area contributed by atoms with E-state index in [2.05, 4.69) is 23.0 Å². The normalized spacial score (nSPS) is 17.2. The maximum absolute atomic E-state index is 10.5. The van der Waals surface area contributed by atoms with Gasteiger partial charge < -0.3 is 4.90 Å². The summed E-state index contributed by atoms with van der Waals surface area (Å²) in [5.74, 6) is 1.51. The lowest BCUT2D eigenvalue weighted by Crippen LogP contribution is -2.11. The minimum atomic E-state index is -4.02. The zero-order chi connectivity index (χ0) is 20.3. The molecule has 0 bridgehead atoms. The van der Waals surface area contributed by atoms with Gasteiger partial charge in [-0.25, -0.2) is 4.99 Å². The fraction of sp³-hybridized carbons (Fsp3) is 0.200.